The monoisotopic (exact) mass is 555 g/mol. The Kier molecular flexibility index (Phi) is 8.20. The summed E-state index contributed by atoms with van der Waals surface area (Å²) in [5.74, 6) is -1.26. The van der Waals surface area contributed by atoms with Gasteiger partial charge in [-0.05, 0) is 48.3 Å². The van der Waals surface area contributed by atoms with Gasteiger partial charge in [0.25, 0.3) is 5.69 Å². The standard InChI is InChI=1S/C25H25N5O6S2/c31-24(32)21-12-7-15-29(21)38(35,36)19-13-14-20(22(16-19)30(33)34)27-28-25(37)26-23(17-8-3-1-4-9-17)18-10-5-2-6-11-18/h1-6,8-11,13-14,16,21,23,27H,7,12,15H2,(H,31,32)(H2,26,28,37)/t21-/m1/s1. The molecule has 0 amide bonds. The van der Waals surface area contributed by atoms with E-state index in [9.17, 15) is 28.4 Å². The molecule has 4 rings (SSSR count). The lowest BCUT2D eigenvalue weighted by Crippen LogP contribution is -2.41. The fourth-order valence-electron chi connectivity index (χ4n) is 4.28. The van der Waals surface area contributed by atoms with E-state index >= 15 is 0 Å². The van der Waals surface area contributed by atoms with E-state index in [0.29, 0.717) is 6.42 Å². The van der Waals surface area contributed by atoms with E-state index in [2.05, 4.69) is 16.2 Å². The van der Waals surface area contributed by atoms with Crippen molar-refractivity contribution in [3.63, 3.8) is 0 Å². The number of anilines is 1. The maximum absolute atomic E-state index is 13.1. The van der Waals surface area contributed by atoms with Crippen LogP contribution < -0.4 is 16.2 Å². The first kappa shape index (κ1) is 27.0. The van der Waals surface area contributed by atoms with Crippen molar-refractivity contribution in [1.29, 1.82) is 0 Å². The van der Waals surface area contributed by atoms with Gasteiger partial charge in [-0.3, -0.25) is 25.8 Å². The van der Waals surface area contributed by atoms with Crippen LogP contribution in [0.4, 0.5) is 11.4 Å². The van der Waals surface area contributed by atoms with Crippen LogP contribution in [0.2, 0.25) is 0 Å². The van der Waals surface area contributed by atoms with Gasteiger partial charge in [0.2, 0.25) is 10.0 Å². The molecule has 1 heterocycles. The first-order chi connectivity index (χ1) is 18.2. The molecule has 1 fully saturated rings. The molecule has 38 heavy (non-hydrogen) atoms. The van der Waals surface area contributed by atoms with Crippen LogP contribution in [0.15, 0.2) is 83.8 Å². The molecule has 0 bridgehead atoms. The smallest absolute Gasteiger partial charge is 0.322 e. The number of nitrogens with one attached hydrogen (secondary N) is 3. The summed E-state index contributed by atoms with van der Waals surface area (Å²) in [6.07, 6.45) is 0.566. The van der Waals surface area contributed by atoms with Gasteiger partial charge in [-0.1, -0.05) is 60.7 Å². The van der Waals surface area contributed by atoms with Gasteiger partial charge in [-0.2, -0.15) is 4.31 Å². The number of carbonyl (C=O) groups is 1. The van der Waals surface area contributed by atoms with Gasteiger partial charge in [0.1, 0.15) is 11.7 Å². The van der Waals surface area contributed by atoms with Gasteiger partial charge in [0.05, 0.1) is 15.9 Å². The minimum atomic E-state index is -4.25. The number of thiocarbonyl (C=S) groups is 1. The molecule has 1 saturated heterocycles. The van der Waals surface area contributed by atoms with Crippen LogP contribution in [-0.4, -0.2) is 46.4 Å². The van der Waals surface area contributed by atoms with Gasteiger partial charge in [0, 0.05) is 12.6 Å². The van der Waals surface area contributed by atoms with Crippen molar-refractivity contribution in [2.45, 2.75) is 29.8 Å². The number of rotatable bonds is 9. The molecule has 0 aromatic heterocycles. The molecule has 0 aliphatic carbocycles. The number of carboxylic acid groups (broad SMARTS) is 1. The fraction of sp³-hybridized carbons (Fsp3) is 0.200. The zero-order valence-electron chi connectivity index (χ0n) is 20.0. The van der Waals surface area contributed by atoms with Crippen LogP contribution >= 0.6 is 12.2 Å². The highest BCUT2D eigenvalue weighted by molar-refractivity contribution is 7.89. The molecule has 0 unspecified atom stereocenters. The van der Waals surface area contributed by atoms with Crippen LogP contribution in [0.3, 0.4) is 0 Å². The molecule has 4 N–H and O–H groups in total. The summed E-state index contributed by atoms with van der Waals surface area (Å²) < 4.78 is 27.0. The first-order valence-corrected chi connectivity index (χ1v) is 13.5. The SMILES string of the molecule is O=C(O)[C@H]1CCCN1S(=O)(=O)c1ccc(NNC(=S)NC(c2ccccc2)c2ccccc2)c([N+](=O)[O-])c1. The average Bonchev–Trinajstić information content (AvgIpc) is 3.43. The van der Waals surface area contributed by atoms with Crippen LogP contribution in [-0.2, 0) is 14.8 Å². The normalized spacial score (nSPS) is 15.7. The van der Waals surface area contributed by atoms with E-state index in [1.165, 1.54) is 12.1 Å². The zero-order chi connectivity index (χ0) is 27.3. The Morgan fingerprint density at radius 3 is 2.21 bits per heavy atom. The fourth-order valence-corrected chi connectivity index (χ4v) is 6.12. The third-order valence-corrected chi connectivity index (χ3v) is 8.24. The highest BCUT2D eigenvalue weighted by atomic mass is 32.2. The molecular formula is C25H25N5O6S2. The quantitative estimate of drug-likeness (QED) is 0.175. The molecule has 1 aliphatic heterocycles. The van der Waals surface area contributed by atoms with Crippen molar-refractivity contribution in [3.8, 4) is 0 Å². The maximum atomic E-state index is 13.1. The van der Waals surface area contributed by atoms with Crippen molar-refractivity contribution >= 4 is 44.7 Å². The summed E-state index contributed by atoms with van der Waals surface area (Å²) in [7, 11) is -4.25. The molecule has 11 nitrogen and oxygen atoms in total. The Hall–Kier alpha value is -4.07. The summed E-state index contributed by atoms with van der Waals surface area (Å²) in [6, 6.07) is 21.0. The van der Waals surface area contributed by atoms with Gasteiger partial charge in [0.15, 0.2) is 5.11 Å². The third kappa shape index (κ3) is 5.90. The molecule has 0 saturated carbocycles. The van der Waals surface area contributed by atoms with E-state index in [-0.39, 0.29) is 34.7 Å². The molecule has 0 spiro atoms. The second-order valence-corrected chi connectivity index (χ2v) is 10.8. The second kappa shape index (κ2) is 11.5. The van der Waals surface area contributed by atoms with Gasteiger partial charge in [-0.15, -0.1) is 0 Å². The molecule has 1 atom stereocenters. The summed E-state index contributed by atoms with van der Waals surface area (Å²) in [6.45, 7) is 0.0264. The zero-order valence-corrected chi connectivity index (χ0v) is 21.6. The lowest BCUT2D eigenvalue weighted by Gasteiger charge is -2.23. The second-order valence-electron chi connectivity index (χ2n) is 8.53. The van der Waals surface area contributed by atoms with Gasteiger partial charge < -0.3 is 10.4 Å². The van der Waals surface area contributed by atoms with Crippen LogP contribution in [0, 0.1) is 10.1 Å². The highest BCUT2D eigenvalue weighted by Crippen LogP contribution is 2.32. The van der Waals surface area contributed by atoms with Crippen LogP contribution in [0.25, 0.3) is 0 Å². The van der Waals surface area contributed by atoms with Crippen molar-refractivity contribution in [3.05, 3.63) is 100 Å². The Balaban J connectivity index is 1.52. The summed E-state index contributed by atoms with van der Waals surface area (Å²) >= 11 is 5.42. The first-order valence-electron chi connectivity index (χ1n) is 11.6. The third-order valence-electron chi connectivity index (χ3n) is 6.11. The van der Waals surface area contributed by atoms with E-state index in [1.807, 2.05) is 60.7 Å². The van der Waals surface area contributed by atoms with Crippen LogP contribution in [0.1, 0.15) is 30.0 Å². The van der Waals surface area contributed by atoms with Crippen molar-refractivity contribution in [1.82, 2.24) is 15.0 Å². The molecule has 198 valence electrons. The van der Waals surface area contributed by atoms with E-state index < -0.39 is 32.6 Å². The number of benzene rings is 3. The molecule has 1 aliphatic rings. The number of hydrogen-bond donors (Lipinski definition) is 4. The van der Waals surface area contributed by atoms with Crippen molar-refractivity contribution in [2.75, 3.05) is 12.0 Å². The molecule has 13 heteroatoms. The Bertz CT molecular complexity index is 1400. The largest absolute Gasteiger partial charge is 0.480 e. The van der Waals surface area contributed by atoms with Gasteiger partial charge >= 0.3 is 5.97 Å². The number of nitro groups is 1. The molecule has 3 aromatic rings. The number of carboxylic acids is 1. The minimum absolute atomic E-state index is 0.0229. The summed E-state index contributed by atoms with van der Waals surface area (Å²) in [4.78, 5) is 22.2. The Morgan fingerprint density at radius 1 is 1.05 bits per heavy atom. The lowest BCUT2D eigenvalue weighted by atomic mass is 9.99. The number of sulfonamides is 1. The number of aliphatic carboxylic acids is 1. The highest BCUT2D eigenvalue weighted by Gasteiger charge is 2.40. The van der Waals surface area contributed by atoms with Crippen LogP contribution in [0.5, 0.6) is 0 Å². The lowest BCUT2D eigenvalue weighted by molar-refractivity contribution is -0.384. The van der Waals surface area contributed by atoms with E-state index in [1.54, 1.807) is 0 Å². The van der Waals surface area contributed by atoms with Crippen molar-refractivity contribution < 1.29 is 23.2 Å². The maximum Gasteiger partial charge on any atom is 0.322 e. The van der Waals surface area contributed by atoms with E-state index in [0.717, 1.165) is 21.5 Å². The number of nitrogens with zero attached hydrogens (tertiary/aromatic N) is 2. The Morgan fingerprint density at radius 2 is 1.66 bits per heavy atom. The number of nitro benzene ring substituents is 1. The van der Waals surface area contributed by atoms with E-state index in [4.69, 9.17) is 12.2 Å². The number of hydrogen-bond acceptors (Lipinski definition) is 7. The number of hydrazine groups is 1. The molecule has 0 radical (unpaired) electrons. The summed E-state index contributed by atoms with van der Waals surface area (Å²) in [5.41, 5.74) is 6.76. The topological polar surface area (TPSA) is 154 Å². The predicted octanol–water partition coefficient (Wildman–Crippen LogP) is 3.41. The average molecular weight is 556 g/mol. The predicted molar refractivity (Wildman–Crippen MR) is 145 cm³/mol. The Labute approximate surface area is 224 Å². The minimum Gasteiger partial charge on any atom is -0.480 e. The molecule has 3 aromatic carbocycles. The molecular weight excluding hydrogens is 530 g/mol. The van der Waals surface area contributed by atoms with Crippen molar-refractivity contribution in [2.24, 2.45) is 0 Å². The van der Waals surface area contributed by atoms with Gasteiger partial charge in [-0.25, -0.2) is 8.42 Å². The summed E-state index contributed by atoms with van der Waals surface area (Å²) in [5, 5.41) is 24.5.